The molecule has 4 nitrogen and oxygen atoms in total. The van der Waals surface area contributed by atoms with Crippen LogP contribution in [0.4, 0.5) is 0 Å². The maximum Gasteiger partial charge on any atom is 0.175 e. The molecule has 0 saturated heterocycles. The first-order chi connectivity index (χ1) is 18.2. The molecule has 0 N–H and O–H groups in total. The summed E-state index contributed by atoms with van der Waals surface area (Å²) in [6.07, 6.45) is 7.06. The summed E-state index contributed by atoms with van der Waals surface area (Å²) in [5, 5.41) is 1.13. The molecule has 0 unspecified atom stereocenters. The summed E-state index contributed by atoms with van der Waals surface area (Å²) in [6.45, 7) is 6.37. The van der Waals surface area contributed by atoms with Crippen LogP contribution in [-0.2, 0) is 9.84 Å². The summed E-state index contributed by atoms with van der Waals surface area (Å²) >= 11 is 0. The van der Waals surface area contributed by atoms with Crippen molar-refractivity contribution >= 4 is 32.4 Å². The molecule has 5 rings (SSSR count). The molecule has 0 amide bonds. The molecule has 3 aromatic carbocycles. The molecule has 190 valence electrons. The Balaban J connectivity index is 1.66. The van der Waals surface area contributed by atoms with Gasteiger partial charge in [-0.25, -0.2) is 8.42 Å². The van der Waals surface area contributed by atoms with Gasteiger partial charge < -0.3 is 0 Å². The Morgan fingerprint density at radius 1 is 0.842 bits per heavy atom. The van der Waals surface area contributed by atoms with Crippen molar-refractivity contribution in [2.75, 3.05) is 6.26 Å². The predicted octanol–water partition coefficient (Wildman–Crippen LogP) is 7.72. The number of fused-ring (bicyclic) bond motifs is 1. The Labute approximate surface area is 224 Å². The van der Waals surface area contributed by atoms with Crippen molar-refractivity contribution in [3.05, 3.63) is 125 Å². The first-order valence-corrected chi connectivity index (χ1v) is 14.5. The lowest BCUT2D eigenvalue weighted by molar-refractivity contribution is 0.602. The molecule has 0 aliphatic carbocycles. The van der Waals surface area contributed by atoms with Gasteiger partial charge in [0.1, 0.15) is 0 Å². The molecule has 2 aromatic heterocycles. The van der Waals surface area contributed by atoms with Gasteiger partial charge in [0.05, 0.1) is 10.4 Å². The lowest BCUT2D eigenvalue weighted by atomic mass is 9.92. The van der Waals surface area contributed by atoms with E-state index in [9.17, 15) is 8.42 Å². The smallest absolute Gasteiger partial charge is 0.175 e. The number of hydrogen-bond donors (Lipinski definition) is 0. The highest BCUT2D eigenvalue weighted by Crippen LogP contribution is 2.33. The lowest BCUT2D eigenvalue weighted by Gasteiger charge is -2.13. The van der Waals surface area contributed by atoms with Crippen LogP contribution in [0, 0.1) is 6.92 Å². The maximum absolute atomic E-state index is 12.0. The number of aryl methyl sites for hydroxylation is 1. The fourth-order valence-corrected chi connectivity index (χ4v) is 5.20. The van der Waals surface area contributed by atoms with Crippen molar-refractivity contribution in [3.63, 3.8) is 0 Å². The number of sulfone groups is 1. The van der Waals surface area contributed by atoms with Crippen molar-refractivity contribution in [3.8, 4) is 11.1 Å². The highest BCUT2D eigenvalue weighted by molar-refractivity contribution is 7.90. The van der Waals surface area contributed by atoms with Gasteiger partial charge in [-0.05, 0) is 89.2 Å². The molecule has 0 aliphatic heterocycles. The van der Waals surface area contributed by atoms with E-state index in [1.165, 1.54) is 11.8 Å². The van der Waals surface area contributed by atoms with E-state index in [0.29, 0.717) is 10.8 Å². The van der Waals surface area contributed by atoms with Crippen molar-refractivity contribution in [1.29, 1.82) is 0 Å². The summed E-state index contributed by atoms with van der Waals surface area (Å²) in [4.78, 5) is 9.51. The van der Waals surface area contributed by atoms with E-state index in [0.717, 1.165) is 50.0 Å². The van der Waals surface area contributed by atoms with Gasteiger partial charge in [0.25, 0.3) is 0 Å². The minimum absolute atomic E-state index is 0.300. The third kappa shape index (κ3) is 5.43. The largest absolute Gasteiger partial charge is 0.261 e. The van der Waals surface area contributed by atoms with Crippen molar-refractivity contribution in [2.24, 2.45) is 0 Å². The van der Waals surface area contributed by atoms with Gasteiger partial charge in [-0.2, -0.15) is 0 Å². The molecule has 5 heteroatoms. The molecule has 0 fully saturated rings. The molecule has 0 radical (unpaired) electrons. The first kappa shape index (κ1) is 25.6. The topological polar surface area (TPSA) is 59.9 Å². The Morgan fingerprint density at radius 2 is 1.61 bits per heavy atom. The zero-order chi connectivity index (χ0) is 26.9. The van der Waals surface area contributed by atoms with Crippen LogP contribution in [0.25, 0.3) is 33.7 Å². The second kappa shape index (κ2) is 10.3. The standard InChI is InChI=1S/C33H30N2O2S/c1-22(2)29-19-27-9-6-16-34-33(27)32(20-29)26-8-5-7-24(17-26)18-31(28-11-10-23(3)35-21-28)25-12-14-30(15-13-25)38(4,36)37/h5-22H,1-4H3/b31-18+. The molecular formula is C33H30N2O2S. The van der Waals surface area contributed by atoms with Crippen LogP contribution in [0.5, 0.6) is 0 Å². The number of benzene rings is 3. The summed E-state index contributed by atoms with van der Waals surface area (Å²) in [5.74, 6) is 0.400. The minimum Gasteiger partial charge on any atom is -0.261 e. The van der Waals surface area contributed by atoms with E-state index in [2.05, 4.69) is 67.4 Å². The molecule has 0 aliphatic rings. The first-order valence-electron chi connectivity index (χ1n) is 12.6. The zero-order valence-corrected chi connectivity index (χ0v) is 22.8. The van der Waals surface area contributed by atoms with E-state index < -0.39 is 9.84 Å². The number of pyridine rings is 2. The third-order valence-electron chi connectivity index (χ3n) is 6.72. The fraction of sp³-hybridized carbons (Fsp3) is 0.152. The normalized spacial score (nSPS) is 12.3. The molecule has 2 heterocycles. The third-order valence-corrected chi connectivity index (χ3v) is 7.85. The monoisotopic (exact) mass is 518 g/mol. The molecule has 0 bridgehead atoms. The Morgan fingerprint density at radius 3 is 2.29 bits per heavy atom. The van der Waals surface area contributed by atoms with Gasteiger partial charge >= 0.3 is 0 Å². The molecule has 0 atom stereocenters. The molecule has 38 heavy (non-hydrogen) atoms. The number of nitrogens with zero attached hydrogens (tertiary/aromatic N) is 2. The Kier molecular flexibility index (Phi) is 6.96. The van der Waals surface area contributed by atoms with E-state index in [1.54, 1.807) is 12.1 Å². The second-order valence-electron chi connectivity index (χ2n) is 9.97. The molecular weight excluding hydrogens is 488 g/mol. The molecule has 0 spiro atoms. The second-order valence-corrected chi connectivity index (χ2v) is 12.0. The van der Waals surface area contributed by atoms with Crippen LogP contribution in [0.3, 0.4) is 0 Å². The summed E-state index contributed by atoms with van der Waals surface area (Å²) in [5.41, 5.74) is 9.28. The van der Waals surface area contributed by atoms with Crippen molar-refractivity contribution in [2.45, 2.75) is 31.6 Å². The van der Waals surface area contributed by atoms with Gasteiger partial charge in [-0.3, -0.25) is 9.97 Å². The number of rotatable bonds is 6. The van der Waals surface area contributed by atoms with E-state index in [1.807, 2.05) is 49.6 Å². The highest BCUT2D eigenvalue weighted by atomic mass is 32.2. The zero-order valence-electron chi connectivity index (χ0n) is 22.0. The summed E-state index contributed by atoms with van der Waals surface area (Å²) in [7, 11) is -3.28. The van der Waals surface area contributed by atoms with Gasteiger partial charge in [-0.15, -0.1) is 0 Å². The van der Waals surface area contributed by atoms with Crippen LogP contribution in [0.15, 0.2) is 102 Å². The Bertz CT molecular complexity index is 1750. The maximum atomic E-state index is 12.0. The van der Waals surface area contributed by atoms with E-state index >= 15 is 0 Å². The number of hydrogen-bond acceptors (Lipinski definition) is 4. The van der Waals surface area contributed by atoms with Gasteiger partial charge in [0, 0.05) is 40.9 Å². The average molecular weight is 519 g/mol. The molecule has 0 saturated carbocycles. The van der Waals surface area contributed by atoms with E-state index in [-0.39, 0.29) is 0 Å². The molecule has 5 aromatic rings. The fourth-order valence-electron chi connectivity index (χ4n) is 4.57. The van der Waals surface area contributed by atoms with Crippen LogP contribution < -0.4 is 0 Å². The van der Waals surface area contributed by atoms with Crippen molar-refractivity contribution in [1.82, 2.24) is 9.97 Å². The predicted molar refractivity (Wildman–Crippen MR) is 157 cm³/mol. The lowest BCUT2D eigenvalue weighted by Crippen LogP contribution is -1.97. The van der Waals surface area contributed by atoms with Gasteiger partial charge in [-0.1, -0.05) is 56.3 Å². The van der Waals surface area contributed by atoms with Crippen LogP contribution in [0.1, 0.15) is 47.7 Å². The number of aromatic nitrogens is 2. The van der Waals surface area contributed by atoms with Gasteiger partial charge in [0.15, 0.2) is 9.84 Å². The van der Waals surface area contributed by atoms with E-state index in [4.69, 9.17) is 4.98 Å². The average Bonchev–Trinajstić information content (AvgIpc) is 2.91. The quantitative estimate of drug-likeness (QED) is 0.216. The van der Waals surface area contributed by atoms with Gasteiger partial charge in [0.2, 0.25) is 0 Å². The van der Waals surface area contributed by atoms with Crippen molar-refractivity contribution < 1.29 is 8.42 Å². The summed E-state index contributed by atoms with van der Waals surface area (Å²) < 4.78 is 24.0. The minimum atomic E-state index is -3.28. The van der Waals surface area contributed by atoms with Crippen LogP contribution in [-0.4, -0.2) is 24.6 Å². The SMILES string of the molecule is Cc1ccc(/C(=C/c2cccc(-c3cc(C(C)C)cc4cccnc34)c2)c2ccc(S(C)(=O)=O)cc2)cn1. The summed E-state index contributed by atoms with van der Waals surface area (Å²) in [6, 6.07) is 28.1. The van der Waals surface area contributed by atoms with Crippen LogP contribution in [0.2, 0.25) is 0 Å². The highest BCUT2D eigenvalue weighted by Gasteiger charge is 2.13. The van der Waals surface area contributed by atoms with Crippen LogP contribution >= 0.6 is 0 Å². The Hall–Kier alpha value is -4.09.